The van der Waals surface area contributed by atoms with Crippen LogP contribution >= 0.6 is 11.6 Å². The molecule has 0 aliphatic carbocycles. The summed E-state index contributed by atoms with van der Waals surface area (Å²) in [5.41, 5.74) is 0.879. The Balaban J connectivity index is 2.43. The highest BCUT2D eigenvalue weighted by molar-refractivity contribution is 7.92. The van der Waals surface area contributed by atoms with Gasteiger partial charge < -0.3 is 19.7 Å². The van der Waals surface area contributed by atoms with E-state index < -0.39 is 28.5 Å². The molecule has 0 aliphatic heterocycles. The minimum absolute atomic E-state index is 0.0911. The summed E-state index contributed by atoms with van der Waals surface area (Å²) in [6.07, 6.45) is 1.73. The first-order valence-corrected chi connectivity index (χ1v) is 13.3. The lowest BCUT2D eigenvalue weighted by Crippen LogP contribution is -2.51. The van der Waals surface area contributed by atoms with E-state index in [0.29, 0.717) is 12.3 Å². The highest BCUT2D eigenvalue weighted by Crippen LogP contribution is 2.33. The number of methoxy groups -OCH3 is 2. The summed E-state index contributed by atoms with van der Waals surface area (Å²) >= 11 is 6.10. The van der Waals surface area contributed by atoms with Crippen LogP contribution in [0, 0.1) is 0 Å². The molecule has 0 saturated carbocycles. The number of hydrogen-bond acceptors (Lipinski definition) is 6. The van der Waals surface area contributed by atoms with Gasteiger partial charge in [-0.2, -0.15) is 0 Å². The lowest BCUT2D eigenvalue weighted by molar-refractivity contribution is -0.139. The van der Waals surface area contributed by atoms with E-state index in [4.69, 9.17) is 21.1 Å². The Kier molecular flexibility index (Phi) is 10.2. The fourth-order valence-corrected chi connectivity index (χ4v) is 4.37. The molecule has 0 spiro atoms. The molecule has 2 aromatic carbocycles. The molecule has 2 aromatic rings. The Morgan fingerprint density at radius 1 is 1.09 bits per heavy atom. The molecule has 2 amide bonds. The maximum Gasteiger partial charge on any atom is 0.244 e. The molecule has 0 bridgehead atoms. The maximum absolute atomic E-state index is 13.5. The minimum atomic E-state index is -3.91. The van der Waals surface area contributed by atoms with Gasteiger partial charge in [-0.25, -0.2) is 8.42 Å². The van der Waals surface area contributed by atoms with Crippen molar-refractivity contribution in [3.05, 3.63) is 53.1 Å². The van der Waals surface area contributed by atoms with Crippen LogP contribution in [0.4, 0.5) is 5.69 Å². The van der Waals surface area contributed by atoms with Gasteiger partial charge in [-0.05, 0) is 49.2 Å². The van der Waals surface area contributed by atoms with E-state index in [1.165, 1.54) is 24.1 Å². The zero-order valence-electron chi connectivity index (χ0n) is 20.6. The van der Waals surface area contributed by atoms with Gasteiger partial charge in [-0.3, -0.25) is 13.9 Å². The number of nitrogens with zero attached hydrogens (tertiary/aromatic N) is 2. The number of carbonyl (C=O) groups excluding carboxylic acids is 2. The van der Waals surface area contributed by atoms with Gasteiger partial charge >= 0.3 is 0 Å². The third-order valence-electron chi connectivity index (χ3n) is 5.32. The summed E-state index contributed by atoms with van der Waals surface area (Å²) in [4.78, 5) is 27.6. The van der Waals surface area contributed by atoms with Crippen molar-refractivity contribution in [2.24, 2.45) is 0 Å². The van der Waals surface area contributed by atoms with Gasteiger partial charge in [0.25, 0.3) is 0 Å². The number of rotatable bonds is 12. The molecule has 11 heteroatoms. The van der Waals surface area contributed by atoms with Crippen LogP contribution in [-0.4, -0.2) is 64.7 Å². The normalized spacial score (nSPS) is 11.9. The molecule has 0 aliphatic rings. The van der Waals surface area contributed by atoms with Crippen LogP contribution < -0.4 is 19.1 Å². The second-order valence-corrected chi connectivity index (χ2v) is 10.3. The van der Waals surface area contributed by atoms with E-state index in [1.54, 1.807) is 44.4 Å². The fraction of sp³-hybridized carbons (Fsp3) is 0.417. The van der Waals surface area contributed by atoms with E-state index in [0.717, 1.165) is 22.5 Å². The van der Waals surface area contributed by atoms with Crippen molar-refractivity contribution < 1.29 is 27.5 Å². The molecular formula is C24H32ClN3O6S. The van der Waals surface area contributed by atoms with Gasteiger partial charge in [0.15, 0.2) is 0 Å². The van der Waals surface area contributed by atoms with Crippen LogP contribution in [0.2, 0.25) is 5.02 Å². The number of sulfonamides is 1. The summed E-state index contributed by atoms with van der Waals surface area (Å²) in [5, 5.41) is 3.07. The predicted molar refractivity (Wildman–Crippen MR) is 137 cm³/mol. The third-order valence-corrected chi connectivity index (χ3v) is 6.68. The second-order valence-electron chi connectivity index (χ2n) is 7.92. The lowest BCUT2D eigenvalue weighted by atomic mass is 10.1. The summed E-state index contributed by atoms with van der Waals surface area (Å²) in [7, 11) is -0.963. The largest absolute Gasteiger partial charge is 0.497 e. The highest BCUT2D eigenvalue weighted by atomic mass is 35.5. The highest BCUT2D eigenvalue weighted by Gasteiger charge is 2.31. The average Bonchev–Trinajstić information content (AvgIpc) is 2.83. The molecule has 1 unspecified atom stereocenters. The van der Waals surface area contributed by atoms with E-state index in [2.05, 4.69) is 5.32 Å². The Bertz CT molecular complexity index is 1120. The smallest absolute Gasteiger partial charge is 0.244 e. The third kappa shape index (κ3) is 7.76. The van der Waals surface area contributed by atoms with Crippen molar-refractivity contribution in [1.29, 1.82) is 0 Å². The van der Waals surface area contributed by atoms with Crippen LogP contribution in [0.15, 0.2) is 42.5 Å². The monoisotopic (exact) mass is 525 g/mol. The van der Waals surface area contributed by atoms with Gasteiger partial charge in [0.05, 0.1) is 26.2 Å². The summed E-state index contributed by atoms with van der Waals surface area (Å²) in [6.45, 7) is 3.54. The Morgan fingerprint density at radius 3 is 2.29 bits per heavy atom. The van der Waals surface area contributed by atoms with Crippen molar-refractivity contribution in [3.63, 3.8) is 0 Å². The number of anilines is 1. The number of ether oxygens (including phenoxy) is 2. The topological polar surface area (TPSA) is 105 Å². The van der Waals surface area contributed by atoms with Gasteiger partial charge in [0.2, 0.25) is 21.8 Å². The van der Waals surface area contributed by atoms with Crippen molar-refractivity contribution >= 4 is 39.1 Å². The van der Waals surface area contributed by atoms with Crippen molar-refractivity contribution in [1.82, 2.24) is 10.2 Å². The second kappa shape index (κ2) is 12.6. The molecule has 9 nitrogen and oxygen atoms in total. The van der Waals surface area contributed by atoms with Gasteiger partial charge in [0.1, 0.15) is 24.1 Å². The van der Waals surface area contributed by atoms with Gasteiger partial charge in [0, 0.05) is 18.1 Å². The first-order chi connectivity index (χ1) is 16.5. The zero-order chi connectivity index (χ0) is 26.2. The first kappa shape index (κ1) is 28.3. The molecule has 2 rings (SSSR count). The molecule has 0 radical (unpaired) electrons. The van der Waals surface area contributed by atoms with E-state index in [9.17, 15) is 18.0 Å². The lowest BCUT2D eigenvalue weighted by Gasteiger charge is -2.32. The summed E-state index contributed by atoms with van der Waals surface area (Å²) < 4.78 is 36.8. The minimum Gasteiger partial charge on any atom is -0.497 e. The van der Waals surface area contributed by atoms with Crippen molar-refractivity contribution in [2.75, 3.05) is 37.9 Å². The number of nitrogens with one attached hydrogen (secondary N) is 1. The van der Waals surface area contributed by atoms with Gasteiger partial charge in [-0.1, -0.05) is 30.7 Å². The standard InChI is InChI=1S/C24H32ClN3O6S/c1-6-13-26-24(30)17(2)27(15-18-7-10-20(33-3)11-8-18)23(29)16-28(35(5,31)32)21-14-19(25)9-12-22(21)34-4/h7-12,14,17H,6,13,15-16H2,1-5H3,(H,26,30). The predicted octanol–water partition coefficient (Wildman–Crippen LogP) is 3.07. The summed E-state index contributed by atoms with van der Waals surface area (Å²) in [5.74, 6) is -0.00731. The van der Waals surface area contributed by atoms with Crippen LogP contribution in [0.25, 0.3) is 0 Å². The van der Waals surface area contributed by atoms with Crippen molar-refractivity contribution in [2.45, 2.75) is 32.9 Å². The SMILES string of the molecule is CCCNC(=O)C(C)N(Cc1ccc(OC)cc1)C(=O)CN(c1cc(Cl)ccc1OC)S(C)(=O)=O. The van der Waals surface area contributed by atoms with Crippen LogP contribution in [0.3, 0.4) is 0 Å². The molecular weight excluding hydrogens is 494 g/mol. The Hall–Kier alpha value is -2.98. The molecule has 192 valence electrons. The average molecular weight is 526 g/mol. The number of halogens is 1. The summed E-state index contributed by atoms with van der Waals surface area (Å²) in [6, 6.07) is 10.7. The van der Waals surface area contributed by atoms with Crippen LogP contribution in [0.1, 0.15) is 25.8 Å². The molecule has 0 saturated heterocycles. The first-order valence-electron chi connectivity index (χ1n) is 11.0. The van der Waals surface area contributed by atoms with Crippen molar-refractivity contribution in [3.8, 4) is 11.5 Å². The van der Waals surface area contributed by atoms with Crippen LogP contribution in [-0.2, 0) is 26.2 Å². The van der Waals surface area contributed by atoms with E-state index in [-0.39, 0.29) is 28.9 Å². The fourth-order valence-electron chi connectivity index (χ4n) is 3.36. The molecule has 0 heterocycles. The Morgan fingerprint density at radius 2 is 1.74 bits per heavy atom. The van der Waals surface area contributed by atoms with E-state index in [1.807, 2.05) is 6.92 Å². The molecule has 0 fully saturated rings. The quantitative estimate of drug-likeness (QED) is 0.456. The number of amides is 2. The number of benzene rings is 2. The number of carbonyl (C=O) groups is 2. The zero-order valence-corrected chi connectivity index (χ0v) is 22.1. The van der Waals surface area contributed by atoms with Crippen LogP contribution in [0.5, 0.6) is 11.5 Å². The maximum atomic E-state index is 13.5. The number of hydrogen-bond donors (Lipinski definition) is 1. The van der Waals surface area contributed by atoms with Gasteiger partial charge in [-0.15, -0.1) is 0 Å². The molecule has 0 aromatic heterocycles. The van der Waals surface area contributed by atoms with E-state index >= 15 is 0 Å². The molecule has 1 atom stereocenters. The molecule has 35 heavy (non-hydrogen) atoms. The molecule has 1 N–H and O–H groups in total. The Labute approximate surface area is 212 Å².